The van der Waals surface area contributed by atoms with Gasteiger partial charge < -0.3 is 0 Å². The molecule has 3 aliphatic rings. The molecule has 4 unspecified atom stereocenters. The number of hydrogen-bond donors (Lipinski definition) is 0. The summed E-state index contributed by atoms with van der Waals surface area (Å²) < 4.78 is 0. The summed E-state index contributed by atoms with van der Waals surface area (Å²) in [4.78, 5) is 29.1. The zero-order valence-corrected chi connectivity index (χ0v) is 15.6. The molecule has 2 bridgehead atoms. The van der Waals surface area contributed by atoms with Gasteiger partial charge in [0.1, 0.15) is 0 Å². The maximum absolute atomic E-state index is 10.6. The fraction of sp³-hybridized carbons (Fsp3) is 0.905. The van der Waals surface area contributed by atoms with Crippen LogP contribution in [0, 0.1) is 23.7 Å². The molecule has 0 N–H and O–H groups in total. The predicted octanol–water partition coefficient (Wildman–Crippen LogP) is 5.22. The van der Waals surface area contributed by atoms with E-state index < -0.39 is 0 Å². The first-order valence-corrected chi connectivity index (χ1v) is 10.4. The Hall–Kier alpha value is -1.24. The molecule has 0 aromatic rings. The minimum Gasteiger partial charge on any atom is -0.211 e. The Bertz CT molecular complexity index is 425. The molecule has 140 valence electrons. The summed E-state index contributed by atoms with van der Waals surface area (Å²) in [5, 5.41) is 0. The smallest absolute Gasteiger partial charge is 0.211 e. The summed E-state index contributed by atoms with van der Waals surface area (Å²) in [6.07, 6.45) is 20.2. The van der Waals surface area contributed by atoms with E-state index in [9.17, 15) is 9.59 Å². The van der Waals surface area contributed by atoms with Crippen LogP contribution >= 0.6 is 0 Å². The van der Waals surface area contributed by atoms with Crippen LogP contribution in [0.15, 0.2) is 9.98 Å². The van der Waals surface area contributed by atoms with E-state index in [1.165, 1.54) is 70.6 Å². The van der Waals surface area contributed by atoms with E-state index in [2.05, 4.69) is 9.98 Å². The molecule has 0 aliphatic heterocycles. The molecule has 0 aromatic carbocycles. The lowest BCUT2D eigenvalue weighted by atomic mass is 9.65. The van der Waals surface area contributed by atoms with Crippen molar-refractivity contribution in [1.29, 1.82) is 0 Å². The first-order chi connectivity index (χ1) is 12.3. The van der Waals surface area contributed by atoms with Gasteiger partial charge in [-0.3, -0.25) is 0 Å². The van der Waals surface area contributed by atoms with Crippen molar-refractivity contribution in [2.45, 2.75) is 83.5 Å². The Morgan fingerprint density at radius 3 is 1.32 bits per heavy atom. The van der Waals surface area contributed by atoms with Crippen LogP contribution < -0.4 is 0 Å². The first-order valence-electron chi connectivity index (χ1n) is 10.4. The van der Waals surface area contributed by atoms with Crippen molar-refractivity contribution >= 4 is 12.2 Å². The zero-order chi connectivity index (χ0) is 17.7. The summed E-state index contributed by atoms with van der Waals surface area (Å²) in [7, 11) is 0. The van der Waals surface area contributed by atoms with Crippen molar-refractivity contribution < 1.29 is 9.59 Å². The van der Waals surface area contributed by atoms with E-state index >= 15 is 0 Å². The molecule has 4 heteroatoms. The van der Waals surface area contributed by atoms with Gasteiger partial charge >= 0.3 is 0 Å². The summed E-state index contributed by atoms with van der Waals surface area (Å²) in [6, 6.07) is 0. The summed E-state index contributed by atoms with van der Waals surface area (Å²) in [5.74, 6) is 2.25. The van der Waals surface area contributed by atoms with Crippen molar-refractivity contribution in [2.75, 3.05) is 13.1 Å². The summed E-state index contributed by atoms with van der Waals surface area (Å²) in [6.45, 7) is 1.27. The average Bonchev–Trinajstić information content (AvgIpc) is 2.64. The number of rotatable bonds is 4. The molecule has 0 aromatic heterocycles. The van der Waals surface area contributed by atoms with Gasteiger partial charge in [0.05, 0.1) is 13.1 Å². The van der Waals surface area contributed by atoms with E-state index in [0.29, 0.717) is 36.8 Å². The third-order valence-corrected chi connectivity index (χ3v) is 6.47. The molecule has 0 saturated heterocycles. The minimum atomic E-state index is 0.507. The molecular formula is C21H34N2O2. The Morgan fingerprint density at radius 2 is 0.960 bits per heavy atom. The number of hydrogen-bond acceptors (Lipinski definition) is 4. The number of nitrogens with zero attached hydrogens (tertiary/aromatic N) is 2. The Morgan fingerprint density at radius 1 is 0.600 bits per heavy atom. The van der Waals surface area contributed by atoms with Crippen LogP contribution in [0.1, 0.15) is 83.5 Å². The maximum Gasteiger partial charge on any atom is 0.234 e. The van der Waals surface area contributed by atoms with Crippen LogP contribution in [-0.2, 0) is 9.59 Å². The molecule has 0 spiro atoms. The van der Waals surface area contributed by atoms with Crippen molar-refractivity contribution in [1.82, 2.24) is 0 Å². The van der Waals surface area contributed by atoms with Crippen LogP contribution in [-0.4, -0.2) is 25.2 Å². The minimum absolute atomic E-state index is 0.507. The second kappa shape index (κ2) is 12.2. The molecule has 0 heterocycles. The second-order valence-corrected chi connectivity index (χ2v) is 8.14. The molecule has 4 atom stereocenters. The van der Waals surface area contributed by atoms with Gasteiger partial charge in [-0.15, -0.1) is 0 Å². The highest BCUT2D eigenvalue weighted by Gasteiger charge is 2.36. The Balaban J connectivity index is 2.07. The number of isocyanates is 2. The van der Waals surface area contributed by atoms with Crippen molar-refractivity contribution in [3.63, 3.8) is 0 Å². The number of aliphatic imine (C=N–C) groups is 2. The molecule has 0 radical (unpaired) electrons. The summed E-state index contributed by atoms with van der Waals surface area (Å²) >= 11 is 0. The van der Waals surface area contributed by atoms with Gasteiger partial charge in [0.2, 0.25) is 12.2 Å². The van der Waals surface area contributed by atoms with E-state index in [4.69, 9.17) is 0 Å². The fourth-order valence-corrected chi connectivity index (χ4v) is 5.06. The van der Waals surface area contributed by atoms with Gasteiger partial charge in [0, 0.05) is 0 Å². The lowest BCUT2D eigenvalue weighted by Gasteiger charge is -2.41. The highest BCUT2D eigenvalue weighted by Crippen LogP contribution is 2.43. The standard InChI is InChI=1S/C21H34N2O2/c24-16-22-14-20-13-19-11-9-7-5-3-1-2-4-6-8-10-18(20)12-21(19)15-23-17-25/h18-21H,1-15H2. The van der Waals surface area contributed by atoms with Gasteiger partial charge in [-0.05, 0) is 36.5 Å². The third kappa shape index (κ3) is 7.26. The van der Waals surface area contributed by atoms with Crippen LogP contribution in [0.25, 0.3) is 0 Å². The quantitative estimate of drug-likeness (QED) is 0.517. The SMILES string of the molecule is O=C=NCC1CC2CCCCCCCCCCCC1CC2CN=C=O. The molecule has 0 amide bonds. The molecule has 4 nitrogen and oxygen atoms in total. The topological polar surface area (TPSA) is 58.9 Å². The number of fused-ring (bicyclic) bond motifs is 12. The van der Waals surface area contributed by atoms with Crippen molar-refractivity contribution in [3.05, 3.63) is 0 Å². The zero-order valence-electron chi connectivity index (χ0n) is 15.6. The predicted molar refractivity (Wildman–Crippen MR) is 100.0 cm³/mol. The largest absolute Gasteiger partial charge is 0.234 e. The van der Waals surface area contributed by atoms with E-state index in [1.807, 2.05) is 0 Å². The second-order valence-electron chi connectivity index (χ2n) is 8.14. The van der Waals surface area contributed by atoms with Crippen molar-refractivity contribution in [2.24, 2.45) is 33.7 Å². The van der Waals surface area contributed by atoms with E-state index in [-0.39, 0.29) is 0 Å². The van der Waals surface area contributed by atoms with Crippen LogP contribution in [0.3, 0.4) is 0 Å². The normalized spacial score (nSPS) is 31.8. The Kier molecular flexibility index (Phi) is 9.77. The average molecular weight is 347 g/mol. The van der Waals surface area contributed by atoms with Gasteiger partial charge in [-0.25, -0.2) is 19.6 Å². The lowest BCUT2D eigenvalue weighted by molar-refractivity contribution is 0.105. The third-order valence-electron chi connectivity index (χ3n) is 6.47. The highest BCUT2D eigenvalue weighted by molar-refractivity contribution is 5.33. The Labute approximate surface area is 152 Å². The molecule has 3 fully saturated rings. The monoisotopic (exact) mass is 346 g/mol. The van der Waals surface area contributed by atoms with E-state index in [1.54, 1.807) is 12.2 Å². The molecular weight excluding hydrogens is 312 g/mol. The maximum atomic E-state index is 10.6. The summed E-state index contributed by atoms with van der Waals surface area (Å²) in [5.41, 5.74) is 0. The van der Waals surface area contributed by atoms with Crippen LogP contribution in [0.5, 0.6) is 0 Å². The van der Waals surface area contributed by atoms with Crippen LogP contribution in [0.4, 0.5) is 0 Å². The van der Waals surface area contributed by atoms with Gasteiger partial charge in [-0.1, -0.05) is 70.6 Å². The van der Waals surface area contributed by atoms with Crippen LogP contribution in [0.2, 0.25) is 0 Å². The molecule has 25 heavy (non-hydrogen) atoms. The van der Waals surface area contributed by atoms with Gasteiger partial charge in [0.25, 0.3) is 0 Å². The molecule has 3 aliphatic carbocycles. The van der Waals surface area contributed by atoms with Gasteiger partial charge in [0.15, 0.2) is 0 Å². The number of carbonyl (C=O) groups excluding carboxylic acids is 2. The molecule has 3 saturated carbocycles. The fourth-order valence-electron chi connectivity index (χ4n) is 5.06. The highest BCUT2D eigenvalue weighted by atomic mass is 16.1. The molecule has 3 rings (SSSR count). The van der Waals surface area contributed by atoms with E-state index in [0.717, 1.165) is 12.8 Å². The first kappa shape index (κ1) is 20.1. The van der Waals surface area contributed by atoms with Gasteiger partial charge in [-0.2, -0.15) is 0 Å². The van der Waals surface area contributed by atoms with Crippen molar-refractivity contribution in [3.8, 4) is 0 Å². The lowest BCUT2D eigenvalue weighted by Crippen LogP contribution is -2.35.